The molecule has 0 N–H and O–H groups in total. The lowest BCUT2D eigenvalue weighted by Gasteiger charge is -2.21. The van der Waals surface area contributed by atoms with Crippen molar-refractivity contribution in [2.24, 2.45) is 23.7 Å². The summed E-state index contributed by atoms with van der Waals surface area (Å²) in [5, 5.41) is 0.0303. The summed E-state index contributed by atoms with van der Waals surface area (Å²) in [6, 6.07) is 9.74. The Kier molecular flexibility index (Phi) is 4.50. The van der Waals surface area contributed by atoms with E-state index in [0.717, 1.165) is 36.8 Å². The van der Waals surface area contributed by atoms with Crippen LogP contribution in [-0.2, 0) is 16.0 Å². The van der Waals surface area contributed by atoms with Crippen LogP contribution in [0.3, 0.4) is 0 Å². The minimum atomic E-state index is -0.686. The van der Waals surface area contributed by atoms with Crippen molar-refractivity contribution in [1.29, 1.82) is 0 Å². The van der Waals surface area contributed by atoms with E-state index in [-0.39, 0.29) is 28.4 Å². The van der Waals surface area contributed by atoms with E-state index in [9.17, 15) is 14.0 Å². The molecule has 0 amide bonds. The molecule has 5 rings (SSSR count). The quantitative estimate of drug-likeness (QED) is 0.602. The topological polar surface area (TPSA) is 43.4 Å². The van der Waals surface area contributed by atoms with Crippen molar-refractivity contribution in [3.8, 4) is 11.5 Å². The number of hydrogen-bond donors (Lipinski definition) is 0. The van der Waals surface area contributed by atoms with Gasteiger partial charge in [-0.15, -0.1) is 0 Å². The van der Waals surface area contributed by atoms with Crippen LogP contribution in [0.2, 0.25) is 5.02 Å². The highest BCUT2D eigenvalue weighted by molar-refractivity contribution is 6.30. The minimum absolute atomic E-state index is 0.0303. The molecule has 0 spiro atoms. The molecule has 0 aromatic heterocycles. The van der Waals surface area contributed by atoms with Crippen LogP contribution >= 0.6 is 11.6 Å². The van der Waals surface area contributed by atoms with Gasteiger partial charge in [-0.3, -0.25) is 9.59 Å². The fraction of sp³-hybridized carbons (Fsp3) is 0.417. The van der Waals surface area contributed by atoms with Crippen LogP contribution in [0.15, 0.2) is 36.4 Å². The third kappa shape index (κ3) is 2.92. The predicted octanol–water partition coefficient (Wildman–Crippen LogP) is 5.73. The summed E-state index contributed by atoms with van der Waals surface area (Å²) in [6.45, 7) is 2.02. The van der Waals surface area contributed by atoms with Crippen molar-refractivity contribution >= 4 is 23.2 Å². The number of rotatable bonds is 4. The number of carbonyl (C=O) groups is 2. The van der Waals surface area contributed by atoms with Gasteiger partial charge in [-0.2, -0.15) is 0 Å². The molecular formula is C24H22ClFO3. The Balaban J connectivity index is 1.49. The molecule has 3 fully saturated rings. The molecule has 4 atom stereocenters. The smallest absolute Gasteiger partial charge is 0.151 e. The number of carbonyl (C=O) groups excluding carboxylic acids is 2. The van der Waals surface area contributed by atoms with Gasteiger partial charge in [0.15, 0.2) is 11.6 Å². The van der Waals surface area contributed by atoms with Crippen molar-refractivity contribution in [1.82, 2.24) is 0 Å². The molecule has 0 saturated heterocycles. The first kappa shape index (κ1) is 18.8. The Morgan fingerprint density at radius 2 is 1.62 bits per heavy atom. The van der Waals surface area contributed by atoms with E-state index >= 15 is 0 Å². The van der Waals surface area contributed by atoms with E-state index in [4.69, 9.17) is 16.3 Å². The zero-order chi connectivity index (χ0) is 20.3. The number of Topliss-reactive ketones (excluding diaryl/α,β-unsaturated/α-hetero) is 2. The Morgan fingerprint density at radius 1 is 1.00 bits per heavy atom. The van der Waals surface area contributed by atoms with E-state index in [1.165, 1.54) is 12.1 Å². The third-order valence-corrected chi connectivity index (χ3v) is 7.39. The van der Waals surface area contributed by atoms with Gasteiger partial charge in [0.05, 0.1) is 5.02 Å². The first-order valence-electron chi connectivity index (χ1n) is 10.3. The molecule has 3 nitrogen and oxygen atoms in total. The van der Waals surface area contributed by atoms with E-state index < -0.39 is 11.7 Å². The number of fused-ring (bicyclic) bond motifs is 5. The Hall–Kier alpha value is -2.20. The molecule has 0 radical (unpaired) electrons. The largest absolute Gasteiger partial charge is 0.457 e. The second-order valence-corrected chi connectivity index (χ2v) is 8.92. The van der Waals surface area contributed by atoms with E-state index in [1.54, 1.807) is 18.2 Å². The van der Waals surface area contributed by atoms with Crippen LogP contribution in [-0.4, -0.2) is 11.6 Å². The van der Waals surface area contributed by atoms with Crippen LogP contribution in [0.5, 0.6) is 11.5 Å². The molecule has 2 bridgehead atoms. The number of benzene rings is 2. The summed E-state index contributed by atoms with van der Waals surface area (Å²) in [5.74, 6) is 0.333. The van der Waals surface area contributed by atoms with Crippen molar-refractivity contribution < 1.29 is 18.7 Å². The first-order valence-corrected chi connectivity index (χ1v) is 10.7. The average molecular weight is 413 g/mol. The molecule has 29 heavy (non-hydrogen) atoms. The predicted molar refractivity (Wildman–Crippen MR) is 108 cm³/mol. The van der Waals surface area contributed by atoms with E-state index in [2.05, 4.69) is 0 Å². The molecule has 2 aromatic rings. The fourth-order valence-corrected chi connectivity index (χ4v) is 5.96. The summed E-state index contributed by atoms with van der Waals surface area (Å²) in [4.78, 5) is 26.6. The Labute approximate surface area is 174 Å². The third-order valence-electron chi connectivity index (χ3n) is 7.08. The zero-order valence-corrected chi connectivity index (χ0v) is 16.9. The lowest BCUT2D eigenvalue weighted by atomic mass is 9.81. The van der Waals surface area contributed by atoms with Gasteiger partial charge in [-0.25, -0.2) is 4.39 Å². The summed E-state index contributed by atoms with van der Waals surface area (Å²) in [7, 11) is 0. The van der Waals surface area contributed by atoms with Crippen molar-refractivity contribution in [3.63, 3.8) is 0 Å². The Morgan fingerprint density at radius 3 is 2.24 bits per heavy atom. The lowest BCUT2D eigenvalue weighted by molar-refractivity contribution is -0.125. The summed E-state index contributed by atoms with van der Waals surface area (Å²) in [5.41, 5.74) is 1.74. The van der Waals surface area contributed by atoms with Crippen LogP contribution in [0, 0.1) is 29.5 Å². The van der Waals surface area contributed by atoms with Gasteiger partial charge >= 0.3 is 0 Å². The molecule has 0 aliphatic heterocycles. The van der Waals surface area contributed by atoms with E-state index in [1.807, 2.05) is 13.0 Å². The van der Waals surface area contributed by atoms with Gasteiger partial charge < -0.3 is 4.74 Å². The maximum atomic E-state index is 13.7. The lowest BCUT2D eigenvalue weighted by Crippen LogP contribution is -2.24. The molecular weight excluding hydrogens is 391 g/mol. The molecule has 2 aromatic carbocycles. The van der Waals surface area contributed by atoms with E-state index in [0.29, 0.717) is 23.3 Å². The highest BCUT2D eigenvalue weighted by Gasteiger charge is 2.61. The number of hydrogen-bond acceptors (Lipinski definition) is 3. The van der Waals surface area contributed by atoms with Gasteiger partial charge in [0.2, 0.25) is 0 Å². The normalized spacial score (nSPS) is 30.1. The molecule has 3 aliphatic rings. The maximum absolute atomic E-state index is 13.7. The number of halogens is 2. The van der Waals surface area contributed by atoms with Gasteiger partial charge in [0.1, 0.15) is 23.2 Å². The van der Waals surface area contributed by atoms with Crippen molar-refractivity contribution in [3.05, 3.63) is 58.4 Å². The first-order chi connectivity index (χ1) is 14.0. The highest BCUT2D eigenvalue weighted by Crippen LogP contribution is 2.59. The van der Waals surface area contributed by atoms with Crippen molar-refractivity contribution in [2.75, 3.05) is 0 Å². The highest BCUT2D eigenvalue weighted by atomic mass is 35.5. The van der Waals surface area contributed by atoms with Crippen LogP contribution in [0.1, 0.15) is 43.2 Å². The van der Waals surface area contributed by atoms with Crippen LogP contribution in [0.25, 0.3) is 0 Å². The SMILES string of the molecule is CCc1ccc(Oc2ccc(Cl)c(F)c2)cc1C1C(=O)C2C3CCC(C3)C2C1=O. The molecule has 3 aliphatic carbocycles. The molecule has 150 valence electrons. The minimum Gasteiger partial charge on any atom is -0.457 e. The number of aryl methyl sites for hydroxylation is 1. The number of ether oxygens (including phenoxy) is 1. The van der Waals surface area contributed by atoms with Gasteiger partial charge in [0.25, 0.3) is 0 Å². The van der Waals surface area contributed by atoms with Gasteiger partial charge in [0, 0.05) is 17.9 Å². The summed E-state index contributed by atoms with van der Waals surface area (Å²) >= 11 is 5.74. The Bertz CT molecular complexity index is 989. The second-order valence-electron chi connectivity index (χ2n) is 8.51. The fourth-order valence-electron chi connectivity index (χ4n) is 5.85. The summed E-state index contributed by atoms with van der Waals surface area (Å²) in [6.07, 6.45) is 3.91. The van der Waals surface area contributed by atoms with Crippen molar-refractivity contribution in [2.45, 2.75) is 38.5 Å². The maximum Gasteiger partial charge on any atom is 0.151 e. The zero-order valence-electron chi connectivity index (χ0n) is 16.2. The standard InChI is InChI=1S/C24H22ClFO3/c1-2-12-5-6-15(29-16-7-8-18(25)19(26)11-16)10-17(12)22-23(27)20-13-3-4-14(9-13)21(20)24(22)28/h5-8,10-11,13-14,20-22H,2-4,9H2,1H3. The monoisotopic (exact) mass is 412 g/mol. The molecule has 5 heteroatoms. The number of ketones is 2. The van der Waals surface area contributed by atoms with Gasteiger partial charge in [-0.05, 0) is 72.9 Å². The summed E-state index contributed by atoms with van der Waals surface area (Å²) < 4.78 is 19.5. The molecule has 3 saturated carbocycles. The van der Waals surface area contributed by atoms with Crippen LogP contribution in [0.4, 0.5) is 4.39 Å². The molecule has 0 heterocycles. The van der Waals surface area contributed by atoms with Crippen LogP contribution < -0.4 is 4.74 Å². The van der Waals surface area contributed by atoms with Gasteiger partial charge in [-0.1, -0.05) is 24.6 Å². The second kappa shape index (κ2) is 6.94. The molecule has 4 unspecified atom stereocenters. The average Bonchev–Trinajstić information content (AvgIpc) is 3.39.